The van der Waals surface area contributed by atoms with Gasteiger partial charge in [-0.2, -0.15) is 10.1 Å². The van der Waals surface area contributed by atoms with Crippen LogP contribution >= 0.6 is 0 Å². The summed E-state index contributed by atoms with van der Waals surface area (Å²) in [5.41, 5.74) is 5.56. The molecule has 0 bridgehead atoms. The highest BCUT2D eigenvalue weighted by Gasteiger charge is 2.23. The molecule has 0 unspecified atom stereocenters. The summed E-state index contributed by atoms with van der Waals surface area (Å²) < 4.78 is 19.8. The maximum atomic E-state index is 14.2. The summed E-state index contributed by atoms with van der Waals surface area (Å²) in [6, 6.07) is 6.49. The lowest BCUT2D eigenvalue weighted by atomic mass is 9.95. The van der Waals surface area contributed by atoms with Crippen LogP contribution in [-0.4, -0.2) is 31.9 Å². The smallest absolute Gasteiger partial charge is 0.262 e. The molecule has 0 aliphatic carbocycles. The van der Waals surface area contributed by atoms with Crippen LogP contribution in [0.5, 0.6) is 0 Å². The lowest BCUT2D eigenvalue weighted by Gasteiger charge is -2.19. The van der Waals surface area contributed by atoms with Gasteiger partial charge < -0.3 is 9.84 Å². The van der Waals surface area contributed by atoms with Crippen molar-refractivity contribution in [1.82, 2.24) is 30.6 Å². The van der Waals surface area contributed by atoms with Gasteiger partial charge in [-0.1, -0.05) is 17.3 Å². The lowest BCUT2D eigenvalue weighted by molar-refractivity contribution is 0.432. The van der Waals surface area contributed by atoms with E-state index in [0.717, 1.165) is 36.3 Å². The highest BCUT2D eigenvalue weighted by Crippen LogP contribution is 2.33. The summed E-state index contributed by atoms with van der Waals surface area (Å²) in [5, 5.41) is 14.4. The van der Waals surface area contributed by atoms with E-state index in [1.165, 1.54) is 11.6 Å². The van der Waals surface area contributed by atoms with Crippen molar-refractivity contribution < 1.29 is 8.91 Å². The lowest BCUT2D eigenvalue weighted by Crippen LogP contribution is -2.24. The molecule has 2 N–H and O–H groups in total. The number of pyridine rings is 1. The molecule has 0 amide bonds. The molecule has 0 saturated heterocycles. The zero-order valence-electron chi connectivity index (χ0n) is 15.2. The molecule has 0 fully saturated rings. The van der Waals surface area contributed by atoms with Crippen LogP contribution in [0, 0.1) is 12.7 Å². The van der Waals surface area contributed by atoms with Crippen molar-refractivity contribution in [1.29, 1.82) is 0 Å². The molecule has 0 saturated carbocycles. The van der Waals surface area contributed by atoms with Gasteiger partial charge in [0.2, 0.25) is 5.82 Å². The Morgan fingerprint density at radius 2 is 2.04 bits per heavy atom. The second kappa shape index (κ2) is 6.65. The number of rotatable bonds is 3. The van der Waals surface area contributed by atoms with Crippen LogP contribution in [0.15, 0.2) is 41.2 Å². The molecule has 7 nitrogen and oxygen atoms in total. The number of aromatic amines is 1. The standard InChI is InChI=1S/C20H17FN6O/c1-11-17(13-6-7-22-8-12(13)9-23-11)19-25-20(28-27-19)15-10-24-26-18(15)14-4-2-3-5-16(14)21/h2-5,9-10,22H,6-8H2,1H3,(H,24,26). The molecule has 1 aromatic carbocycles. The van der Waals surface area contributed by atoms with Gasteiger partial charge in [-0.3, -0.25) is 10.1 Å². The number of fused-ring (bicyclic) bond motifs is 1. The minimum atomic E-state index is -0.350. The van der Waals surface area contributed by atoms with Crippen molar-refractivity contribution in [3.63, 3.8) is 0 Å². The Morgan fingerprint density at radius 1 is 1.14 bits per heavy atom. The van der Waals surface area contributed by atoms with E-state index in [-0.39, 0.29) is 11.7 Å². The molecule has 1 aliphatic rings. The van der Waals surface area contributed by atoms with E-state index in [0.29, 0.717) is 22.6 Å². The first kappa shape index (κ1) is 16.8. The van der Waals surface area contributed by atoms with Gasteiger partial charge in [0.25, 0.3) is 5.89 Å². The predicted molar refractivity (Wildman–Crippen MR) is 101 cm³/mol. The third-order valence-electron chi connectivity index (χ3n) is 5.00. The molecule has 4 aromatic rings. The number of halogens is 1. The summed E-state index contributed by atoms with van der Waals surface area (Å²) in [6.07, 6.45) is 4.34. The number of nitrogens with one attached hydrogen (secondary N) is 2. The normalized spacial score (nSPS) is 13.5. The van der Waals surface area contributed by atoms with Gasteiger partial charge >= 0.3 is 0 Å². The summed E-state index contributed by atoms with van der Waals surface area (Å²) in [5.74, 6) is 0.421. The first-order valence-electron chi connectivity index (χ1n) is 9.03. The Morgan fingerprint density at radius 3 is 2.93 bits per heavy atom. The molecule has 3 aromatic heterocycles. The van der Waals surface area contributed by atoms with Crippen molar-refractivity contribution in [2.75, 3.05) is 6.54 Å². The topological polar surface area (TPSA) is 92.5 Å². The van der Waals surface area contributed by atoms with Crippen LogP contribution in [0.1, 0.15) is 16.8 Å². The molecule has 8 heteroatoms. The number of aromatic nitrogens is 5. The molecule has 140 valence electrons. The molecule has 1 aliphatic heterocycles. The zero-order chi connectivity index (χ0) is 19.1. The van der Waals surface area contributed by atoms with Gasteiger partial charge in [0, 0.05) is 29.6 Å². The quantitative estimate of drug-likeness (QED) is 0.570. The van der Waals surface area contributed by atoms with Crippen LogP contribution in [0.25, 0.3) is 34.1 Å². The van der Waals surface area contributed by atoms with Crippen LogP contribution in [-0.2, 0) is 13.0 Å². The van der Waals surface area contributed by atoms with Crippen molar-refractivity contribution in [3.8, 4) is 34.1 Å². The van der Waals surface area contributed by atoms with Crippen LogP contribution < -0.4 is 5.32 Å². The van der Waals surface area contributed by atoms with Crippen LogP contribution in [0.3, 0.4) is 0 Å². The number of hydrogen-bond acceptors (Lipinski definition) is 6. The van der Waals surface area contributed by atoms with Gasteiger partial charge in [-0.05, 0) is 43.1 Å². The largest absolute Gasteiger partial charge is 0.333 e. The van der Waals surface area contributed by atoms with Crippen molar-refractivity contribution >= 4 is 0 Å². The van der Waals surface area contributed by atoms with E-state index in [2.05, 4.69) is 30.6 Å². The summed E-state index contributed by atoms with van der Waals surface area (Å²) in [7, 11) is 0. The van der Waals surface area contributed by atoms with E-state index < -0.39 is 0 Å². The molecule has 28 heavy (non-hydrogen) atoms. The van der Waals surface area contributed by atoms with Gasteiger partial charge in [-0.15, -0.1) is 0 Å². The molecule has 5 rings (SSSR count). The van der Waals surface area contributed by atoms with E-state index in [1.807, 2.05) is 13.1 Å². The molecule has 0 atom stereocenters. The minimum Gasteiger partial charge on any atom is -0.333 e. The Balaban J connectivity index is 1.60. The molecular formula is C20H17FN6O. The van der Waals surface area contributed by atoms with Crippen LogP contribution in [0.4, 0.5) is 4.39 Å². The SMILES string of the molecule is Cc1ncc2c(c1-c1noc(-c3cn[nH]c3-c3ccccc3F)n1)CCNC2. The fourth-order valence-electron chi connectivity index (χ4n) is 3.62. The first-order valence-corrected chi connectivity index (χ1v) is 9.03. The summed E-state index contributed by atoms with van der Waals surface area (Å²) in [6.45, 7) is 3.61. The zero-order valence-corrected chi connectivity index (χ0v) is 15.2. The van der Waals surface area contributed by atoms with E-state index >= 15 is 0 Å². The van der Waals surface area contributed by atoms with Gasteiger partial charge in [0.15, 0.2) is 0 Å². The molecule has 0 radical (unpaired) electrons. The van der Waals surface area contributed by atoms with Gasteiger partial charge in [0.1, 0.15) is 5.82 Å². The fourth-order valence-corrected chi connectivity index (χ4v) is 3.62. The highest BCUT2D eigenvalue weighted by molar-refractivity contribution is 5.77. The minimum absolute atomic E-state index is 0.285. The highest BCUT2D eigenvalue weighted by atomic mass is 19.1. The number of H-pyrrole nitrogens is 1. The number of nitrogens with zero attached hydrogens (tertiary/aromatic N) is 4. The summed E-state index contributed by atoms with van der Waals surface area (Å²) >= 11 is 0. The Labute approximate surface area is 160 Å². The Hall–Kier alpha value is -3.39. The van der Waals surface area contributed by atoms with Gasteiger partial charge in [-0.25, -0.2) is 4.39 Å². The van der Waals surface area contributed by atoms with E-state index in [1.54, 1.807) is 24.4 Å². The number of aryl methyl sites for hydroxylation is 1. The second-order valence-electron chi connectivity index (χ2n) is 6.71. The maximum absolute atomic E-state index is 14.2. The number of hydrogen-bond donors (Lipinski definition) is 2. The molecule has 0 spiro atoms. The van der Waals surface area contributed by atoms with Gasteiger partial charge in [0.05, 0.1) is 17.5 Å². The van der Waals surface area contributed by atoms with Crippen molar-refractivity contribution in [2.24, 2.45) is 0 Å². The average Bonchev–Trinajstić information content (AvgIpc) is 3.37. The van der Waals surface area contributed by atoms with E-state index in [4.69, 9.17) is 4.52 Å². The summed E-state index contributed by atoms with van der Waals surface area (Å²) in [4.78, 5) is 9.07. The first-order chi connectivity index (χ1) is 13.7. The molecule has 4 heterocycles. The Bertz CT molecular complexity index is 1170. The van der Waals surface area contributed by atoms with Crippen LogP contribution in [0.2, 0.25) is 0 Å². The third kappa shape index (κ3) is 2.69. The Kier molecular flexibility index (Phi) is 3.98. The van der Waals surface area contributed by atoms with E-state index in [9.17, 15) is 4.39 Å². The van der Waals surface area contributed by atoms with Crippen molar-refractivity contribution in [3.05, 3.63) is 59.3 Å². The number of benzene rings is 1. The maximum Gasteiger partial charge on any atom is 0.262 e. The average molecular weight is 376 g/mol. The predicted octanol–water partition coefficient (Wildman–Crippen LogP) is 3.28. The second-order valence-corrected chi connectivity index (χ2v) is 6.71. The monoisotopic (exact) mass is 376 g/mol. The third-order valence-corrected chi connectivity index (χ3v) is 5.00. The fraction of sp³-hybridized carbons (Fsp3) is 0.200. The molecular weight excluding hydrogens is 359 g/mol. The van der Waals surface area contributed by atoms with Crippen molar-refractivity contribution in [2.45, 2.75) is 19.9 Å².